The fourth-order valence-corrected chi connectivity index (χ4v) is 3.96. The Morgan fingerprint density at radius 3 is 2.67 bits per heavy atom. The maximum atomic E-state index is 10.3. The normalized spacial score (nSPS) is 25.2. The molecule has 1 aliphatic rings. The summed E-state index contributed by atoms with van der Waals surface area (Å²) in [5, 5.41) is 33.8. The fourth-order valence-electron chi connectivity index (χ4n) is 3.16. The second-order valence-electron chi connectivity index (χ2n) is 6.24. The van der Waals surface area contributed by atoms with Crippen molar-refractivity contribution in [3.05, 3.63) is 46.2 Å². The van der Waals surface area contributed by atoms with E-state index in [9.17, 15) is 15.3 Å². The topological polar surface area (TPSA) is 126 Å². The summed E-state index contributed by atoms with van der Waals surface area (Å²) in [5.41, 5.74) is 1.64. The van der Waals surface area contributed by atoms with Gasteiger partial charge in [-0.05, 0) is 40.3 Å². The number of aliphatic hydroxyl groups excluding tert-OH is 3. The SMILES string of the molecule is OC[C@H]1O[C@@H](n2cc(I)c3c(NCc4ccncc4)ncnc32)[C@@H](O)[C@H]1O. The van der Waals surface area contributed by atoms with Crippen LogP contribution in [0.2, 0.25) is 0 Å². The Labute approximate surface area is 168 Å². The third-order valence-corrected chi connectivity index (χ3v) is 5.38. The molecule has 4 atom stereocenters. The highest BCUT2D eigenvalue weighted by molar-refractivity contribution is 14.1. The minimum atomic E-state index is -1.17. The van der Waals surface area contributed by atoms with E-state index in [2.05, 4.69) is 42.9 Å². The lowest BCUT2D eigenvalue weighted by Gasteiger charge is -2.17. The highest BCUT2D eigenvalue weighted by Crippen LogP contribution is 2.35. The molecule has 0 radical (unpaired) electrons. The first kappa shape index (κ1) is 18.5. The molecule has 1 saturated heterocycles. The zero-order valence-corrected chi connectivity index (χ0v) is 16.3. The molecular formula is C17H18IN5O4. The highest BCUT2D eigenvalue weighted by Gasteiger charge is 2.44. The number of ether oxygens (including phenoxy) is 1. The zero-order chi connectivity index (χ0) is 19.0. The monoisotopic (exact) mass is 483 g/mol. The Kier molecular flexibility index (Phi) is 5.23. The van der Waals surface area contributed by atoms with Crippen LogP contribution in [0.15, 0.2) is 37.1 Å². The number of pyridine rings is 1. The van der Waals surface area contributed by atoms with Gasteiger partial charge in [-0.1, -0.05) is 0 Å². The van der Waals surface area contributed by atoms with Gasteiger partial charge in [0.05, 0.1) is 12.0 Å². The van der Waals surface area contributed by atoms with Gasteiger partial charge in [-0.15, -0.1) is 0 Å². The molecule has 4 heterocycles. The van der Waals surface area contributed by atoms with E-state index in [4.69, 9.17) is 4.74 Å². The maximum absolute atomic E-state index is 10.3. The molecule has 4 N–H and O–H groups in total. The average molecular weight is 483 g/mol. The first-order valence-electron chi connectivity index (χ1n) is 8.36. The molecule has 3 aromatic heterocycles. The molecule has 0 aromatic carbocycles. The zero-order valence-electron chi connectivity index (χ0n) is 14.1. The molecule has 142 valence electrons. The number of halogens is 1. The quantitative estimate of drug-likeness (QED) is 0.390. The van der Waals surface area contributed by atoms with Crippen molar-refractivity contribution in [1.82, 2.24) is 19.5 Å². The van der Waals surface area contributed by atoms with Crippen molar-refractivity contribution in [2.75, 3.05) is 11.9 Å². The van der Waals surface area contributed by atoms with Crippen molar-refractivity contribution in [2.45, 2.75) is 31.1 Å². The lowest BCUT2D eigenvalue weighted by atomic mass is 10.1. The number of hydrogen-bond donors (Lipinski definition) is 4. The average Bonchev–Trinajstić information content (AvgIpc) is 3.18. The summed E-state index contributed by atoms with van der Waals surface area (Å²) in [5.74, 6) is 0.659. The molecule has 3 aromatic rings. The standard InChI is InChI=1S/C17H18IN5O4/c18-10-6-23(17-14(26)13(25)11(7-24)27-17)16-12(10)15(21-8-22-16)20-5-9-1-3-19-4-2-9/h1-4,6,8,11,13-14,17,24-26H,5,7H2,(H,20,21,22)/t11-,13+,14+,17-/m1/s1. The Morgan fingerprint density at radius 1 is 1.19 bits per heavy atom. The van der Waals surface area contributed by atoms with Gasteiger partial charge in [0, 0.05) is 28.7 Å². The maximum Gasteiger partial charge on any atom is 0.164 e. The summed E-state index contributed by atoms with van der Waals surface area (Å²) in [6.45, 7) is 0.197. The molecule has 9 nitrogen and oxygen atoms in total. The molecule has 1 fully saturated rings. The molecule has 0 saturated carbocycles. The van der Waals surface area contributed by atoms with E-state index in [0.717, 1.165) is 14.5 Å². The Bertz CT molecular complexity index is 938. The third kappa shape index (κ3) is 3.38. The van der Waals surface area contributed by atoms with Crippen LogP contribution in [0.3, 0.4) is 0 Å². The van der Waals surface area contributed by atoms with Crippen LogP contribution < -0.4 is 5.32 Å². The number of anilines is 1. The number of aromatic nitrogens is 4. The first-order chi connectivity index (χ1) is 13.1. The molecular weight excluding hydrogens is 465 g/mol. The lowest BCUT2D eigenvalue weighted by Crippen LogP contribution is -2.33. The fraction of sp³-hybridized carbons (Fsp3) is 0.353. The predicted octanol–water partition coefficient (Wildman–Crippen LogP) is 0.654. The van der Waals surface area contributed by atoms with E-state index in [0.29, 0.717) is 18.0 Å². The van der Waals surface area contributed by atoms with E-state index in [-0.39, 0.29) is 6.61 Å². The largest absolute Gasteiger partial charge is 0.394 e. The van der Waals surface area contributed by atoms with Gasteiger partial charge in [0.2, 0.25) is 0 Å². The minimum Gasteiger partial charge on any atom is -0.394 e. The van der Waals surface area contributed by atoms with Crippen LogP contribution in [0.5, 0.6) is 0 Å². The second kappa shape index (κ2) is 7.64. The lowest BCUT2D eigenvalue weighted by molar-refractivity contribution is -0.0509. The number of hydrogen-bond acceptors (Lipinski definition) is 8. The molecule has 0 amide bonds. The summed E-state index contributed by atoms with van der Waals surface area (Å²) in [4.78, 5) is 12.7. The summed E-state index contributed by atoms with van der Waals surface area (Å²) in [7, 11) is 0. The minimum absolute atomic E-state index is 0.376. The van der Waals surface area contributed by atoms with Gasteiger partial charge in [0.25, 0.3) is 0 Å². The van der Waals surface area contributed by atoms with Crippen molar-refractivity contribution in [2.24, 2.45) is 0 Å². The van der Waals surface area contributed by atoms with Crippen molar-refractivity contribution >= 4 is 39.4 Å². The van der Waals surface area contributed by atoms with Gasteiger partial charge >= 0.3 is 0 Å². The van der Waals surface area contributed by atoms with Crippen molar-refractivity contribution in [1.29, 1.82) is 0 Å². The van der Waals surface area contributed by atoms with Crippen LogP contribution in [-0.2, 0) is 11.3 Å². The Balaban J connectivity index is 1.67. The molecule has 1 aliphatic heterocycles. The Morgan fingerprint density at radius 2 is 1.96 bits per heavy atom. The molecule has 4 rings (SSSR count). The van der Waals surface area contributed by atoms with Crippen LogP contribution in [0.25, 0.3) is 11.0 Å². The van der Waals surface area contributed by atoms with Gasteiger partial charge in [-0.2, -0.15) is 0 Å². The van der Waals surface area contributed by atoms with E-state index in [1.54, 1.807) is 23.2 Å². The van der Waals surface area contributed by atoms with Gasteiger partial charge in [-0.25, -0.2) is 9.97 Å². The summed E-state index contributed by atoms with van der Waals surface area (Å²) in [6, 6.07) is 3.83. The summed E-state index contributed by atoms with van der Waals surface area (Å²) >= 11 is 2.17. The summed E-state index contributed by atoms with van der Waals surface area (Å²) in [6.07, 6.45) is 2.67. The highest BCUT2D eigenvalue weighted by atomic mass is 127. The van der Waals surface area contributed by atoms with Crippen molar-refractivity contribution < 1.29 is 20.1 Å². The molecule has 0 bridgehead atoms. The molecule has 0 unspecified atom stereocenters. The van der Waals surface area contributed by atoms with Crippen molar-refractivity contribution in [3.63, 3.8) is 0 Å². The molecule has 0 aliphatic carbocycles. The van der Waals surface area contributed by atoms with Crippen LogP contribution in [0.4, 0.5) is 5.82 Å². The van der Waals surface area contributed by atoms with Crippen molar-refractivity contribution in [3.8, 4) is 0 Å². The summed E-state index contributed by atoms with van der Waals surface area (Å²) < 4.78 is 8.17. The molecule has 27 heavy (non-hydrogen) atoms. The number of rotatable bonds is 5. The number of fused-ring (bicyclic) bond motifs is 1. The number of aliphatic hydroxyl groups is 3. The smallest absolute Gasteiger partial charge is 0.164 e. The van der Waals surface area contributed by atoms with E-state index < -0.39 is 24.5 Å². The van der Waals surface area contributed by atoms with E-state index in [1.807, 2.05) is 12.1 Å². The first-order valence-corrected chi connectivity index (χ1v) is 9.44. The van der Waals surface area contributed by atoms with Gasteiger partial charge in [-0.3, -0.25) is 4.98 Å². The molecule has 0 spiro atoms. The van der Waals surface area contributed by atoms with E-state index >= 15 is 0 Å². The van der Waals surface area contributed by atoms with Crippen LogP contribution >= 0.6 is 22.6 Å². The van der Waals surface area contributed by atoms with Gasteiger partial charge in [0.15, 0.2) is 6.23 Å². The van der Waals surface area contributed by atoms with E-state index in [1.165, 1.54) is 6.33 Å². The van der Waals surface area contributed by atoms with Crippen LogP contribution in [0, 0.1) is 3.57 Å². The van der Waals surface area contributed by atoms with Crippen LogP contribution in [-0.4, -0.2) is 59.8 Å². The molecule has 10 heteroatoms. The second-order valence-corrected chi connectivity index (χ2v) is 7.41. The van der Waals surface area contributed by atoms with Gasteiger partial charge < -0.3 is 29.9 Å². The van der Waals surface area contributed by atoms with Crippen LogP contribution in [0.1, 0.15) is 11.8 Å². The predicted molar refractivity (Wildman–Crippen MR) is 105 cm³/mol. The number of nitrogens with zero attached hydrogens (tertiary/aromatic N) is 4. The number of nitrogens with one attached hydrogen (secondary N) is 1. The van der Waals surface area contributed by atoms with Gasteiger partial charge in [0.1, 0.15) is 36.1 Å². The Hall–Kier alpha value is -1.86. The third-order valence-electron chi connectivity index (χ3n) is 4.56.